The Labute approximate surface area is 104 Å². The normalized spacial score (nSPS) is 10.6. The summed E-state index contributed by atoms with van der Waals surface area (Å²) in [6.07, 6.45) is 0. The number of amides is 1. The second-order valence-electron chi connectivity index (χ2n) is 4.16. The molecule has 4 nitrogen and oxygen atoms in total. The second kappa shape index (κ2) is 4.33. The van der Waals surface area contributed by atoms with Crippen LogP contribution < -0.4 is 0 Å². The average molecular weight is 249 g/mol. The van der Waals surface area contributed by atoms with E-state index < -0.39 is 0 Å². The Kier molecular flexibility index (Phi) is 3.02. The van der Waals surface area contributed by atoms with Gasteiger partial charge >= 0.3 is 0 Å². The van der Waals surface area contributed by atoms with Crippen molar-refractivity contribution in [1.82, 2.24) is 14.7 Å². The van der Waals surface area contributed by atoms with E-state index in [9.17, 15) is 4.79 Å². The van der Waals surface area contributed by atoms with Crippen LogP contribution in [0, 0.1) is 6.92 Å². The van der Waals surface area contributed by atoms with Crippen LogP contribution in [0.3, 0.4) is 0 Å². The van der Waals surface area contributed by atoms with Crippen LogP contribution >= 0.6 is 11.3 Å². The Balaban J connectivity index is 2.36. The summed E-state index contributed by atoms with van der Waals surface area (Å²) >= 11 is 1.50. The minimum Gasteiger partial charge on any atom is -0.344 e. The average Bonchev–Trinajstić information content (AvgIpc) is 2.83. The van der Waals surface area contributed by atoms with Gasteiger partial charge in [-0.25, -0.2) is 0 Å². The molecule has 0 aliphatic rings. The van der Waals surface area contributed by atoms with Crippen molar-refractivity contribution < 1.29 is 4.79 Å². The van der Waals surface area contributed by atoms with E-state index in [1.807, 2.05) is 36.9 Å². The molecule has 17 heavy (non-hydrogen) atoms. The fourth-order valence-electron chi connectivity index (χ4n) is 1.65. The highest BCUT2D eigenvalue weighted by molar-refractivity contribution is 7.17. The predicted molar refractivity (Wildman–Crippen MR) is 69.3 cm³/mol. The van der Waals surface area contributed by atoms with Crippen molar-refractivity contribution in [2.75, 3.05) is 14.1 Å². The molecule has 5 heteroatoms. The van der Waals surface area contributed by atoms with Crippen molar-refractivity contribution in [2.24, 2.45) is 7.05 Å². The lowest BCUT2D eigenvalue weighted by atomic mass is 10.3. The number of hydrogen-bond acceptors (Lipinski definition) is 3. The molecule has 2 aromatic rings. The number of thiophene rings is 1. The van der Waals surface area contributed by atoms with Gasteiger partial charge in [-0.2, -0.15) is 5.10 Å². The van der Waals surface area contributed by atoms with Crippen molar-refractivity contribution in [3.63, 3.8) is 0 Å². The summed E-state index contributed by atoms with van der Waals surface area (Å²) in [5, 5.41) is 4.30. The van der Waals surface area contributed by atoms with Gasteiger partial charge in [-0.3, -0.25) is 9.48 Å². The van der Waals surface area contributed by atoms with Gasteiger partial charge in [0.2, 0.25) is 0 Å². The van der Waals surface area contributed by atoms with Crippen LogP contribution in [0.4, 0.5) is 0 Å². The third kappa shape index (κ3) is 2.24. The fraction of sp³-hybridized carbons (Fsp3) is 0.333. The molecule has 0 radical (unpaired) electrons. The SMILES string of the molecule is Cc1cc(-c2ccc(C(=O)N(C)C)s2)n(C)n1. The Hall–Kier alpha value is -1.62. The highest BCUT2D eigenvalue weighted by atomic mass is 32.1. The molecule has 2 rings (SSSR count). The molecular weight excluding hydrogens is 234 g/mol. The van der Waals surface area contributed by atoms with E-state index in [2.05, 4.69) is 5.10 Å². The summed E-state index contributed by atoms with van der Waals surface area (Å²) in [7, 11) is 5.43. The maximum atomic E-state index is 11.8. The zero-order chi connectivity index (χ0) is 12.6. The molecule has 0 saturated carbocycles. The van der Waals surface area contributed by atoms with Crippen molar-refractivity contribution in [2.45, 2.75) is 6.92 Å². The van der Waals surface area contributed by atoms with Gasteiger partial charge in [-0.1, -0.05) is 0 Å². The number of carbonyl (C=O) groups is 1. The van der Waals surface area contributed by atoms with Crippen LogP contribution in [0.5, 0.6) is 0 Å². The molecule has 0 spiro atoms. The molecule has 0 N–H and O–H groups in total. The first kappa shape index (κ1) is 11.9. The number of aryl methyl sites for hydroxylation is 2. The summed E-state index contributed by atoms with van der Waals surface area (Å²) in [6, 6.07) is 5.86. The minimum absolute atomic E-state index is 0.0418. The van der Waals surface area contributed by atoms with Crippen LogP contribution in [0.15, 0.2) is 18.2 Å². The predicted octanol–water partition coefficient (Wildman–Crippen LogP) is 2.16. The molecule has 0 aromatic carbocycles. The molecule has 0 fully saturated rings. The molecule has 0 bridgehead atoms. The van der Waals surface area contributed by atoms with E-state index in [1.54, 1.807) is 19.0 Å². The van der Waals surface area contributed by atoms with Crippen LogP contribution in [-0.4, -0.2) is 34.7 Å². The summed E-state index contributed by atoms with van der Waals surface area (Å²) < 4.78 is 1.84. The molecule has 2 aromatic heterocycles. The van der Waals surface area contributed by atoms with Crippen molar-refractivity contribution in [3.05, 3.63) is 28.8 Å². The molecule has 0 saturated heterocycles. The molecule has 90 valence electrons. The summed E-state index contributed by atoms with van der Waals surface area (Å²) in [5.41, 5.74) is 2.03. The number of aromatic nitrogens is 2. The van der Waals surface area contributed by atoms with Gasteiger partial charge in [-0.15, -0.1) is 11.3 Å². The van der Waals surface area contributed by atoms with Crippen LogP contribution in [0.25, 0.3) is 10.6 Å². The smallest absolute Gasteiger partial charge is 0.263 e. The molecule has 0 aliphatic carbocycles. The molecule has 0 atom stereocenters. The zero-order valence-corrected chi connectivity index (χ0v) is 11.2. The maximum Gasteiger partial charge on any atom is 0.263 e. The molecule has 2 heterocycles. The summed E-state index contributed by atoms with van der Waals surface area (Å²) in [4.78, 5) is 15.2. The van der Waals surface area contributed by atoms with Crippen molar-refractivity contribution in [3.8, 4) is 10.6 Å². The number of carbonyl (C=O) groups excluding carboxylic acids is 1. The lowest BCUT2D eigenvalue weighted by Gasteiger charge is -2.07. The highest BCUT2D eigenvalue weighted by Gasteiger charge is 2.13. The van der Waals surface area contributed by atoms with Gasteiger partial charge in [0.15, 0.2) is 0 Å². The number of hydrogen-bond donors (Lipinski definition) is 0. The van der Waals surface area contributed by atoms with Gasteiger partial charge in [0.1, 0.15) is 0 Å². The first-order chi connectivity index (χ1) is 7.99. The van der Waals surface area contributed by atoms with Gasteiger partial charge in [0.25, 0.3) is 5.91 Å². The van der Waals surface area contributed by atoms with E-state index >= 15 is 0 Å². The van der Waals surface area contributed by atoms with Crippen LogP contribution in [0.1, 0.15) is 15.4 Å². The lowest BCUT2D eigenvalue weighted by molar-refractivity contribution is 0.0832. The Morgan fingerprint density at radius 3 is 2.65 bits per heavy atom. The first-order valence-corrected chi connectivity index (χ1v) is 6.13. The lowest BCUT2D eigenvalue weighted by Crippen LogP contribution is -2.20. The van der Waals surface area contributed by atoms with Gasteiger partial charge in [0, 0.05) is 21.1 Å². The topological polar surface area (TPSA) is 38.1 Å². The van der Waals surface area contributed by atoms with Crippen molar-refractivity contribution >= 4 is 17.2 Å². The first-order valence-electron chi connectivity index (χ1n) is 5.31. The van der Waals surface area contributed by atoms with Gasteiger partial charge in [-0.05, 0) is 25.1 Å². The Morgan fingerprint density at radius 2 is 2.12 bits per heavy atom. The van der Waals surface area contributed by atoms with Crippen molar-refractivity contribution in [1.29, 1.82) is 0 Å². The second-order valence-corrected chi connectivity index (χ2v) is 5.24. The van der Waals surface area contributed by atoms with Gasteiger partial charge < -0.3 is 4.90 Å². The number of nitrogens with zero attached hydrogens (tertiary/aromatic N) is 3. The number of rotatable bonds is 2. The quantitative estimate of drug-likeness (QED) is 0.818. The van der Waals surface area contributed by atoms with E-state index in [0.717, 1.165) is 21.1 Å². The third-order valence-corrected chi connectivity index (χ3v) is 3.57. The maximum absolute atomic E-state index is 11.8. The summed E-state index contributed by atoms with van der Waals surface area (Å²) in [6.45, 7) is 1.96. The Bertz CT molecular complexity index is 554. The highest BCUT2D eigenvalue weighted by Crippen LogP contribution is 2.28. The molecular formula is C12H15N3OS. The zero-order valence-electron chi connectivity index (χ0n) is 10.4. The Morgan fingerprint density at radius 1 is 1.41 bits per heavy atom. The van der Waals surface area contributed by atoms with E-state index in [4.69, 9.17) is 0 Å². The van der Waals surface area contributed by atoms with E-state index in [0.29, 0.717) is 0 Å². The van der Waals surface area contributed by atoms with Gasteiger partial charge in [0.05, 0.1) is 21.1 Å². The summed E-state index contributed by atoms with van der Waals surface area (Å²) in [5.74, 6) is 0.0418. The van der Waals surface area contributed by atoms with Crippen LogP contribution in [0.2, 0.25) is 0 Å². The third-order valence-electron chi connectivity index (χ3n) is 2.48. The monoisotopic (exact) mass is 249 g/mol. The molecule has 0 aliphatic heterocycles. The molecule has 0 unspecified atom stereocenters. The largest absolute Gasteiger partial charge is 0.344 e. The fourth-order valence-corrected chi connectivity index (χ4v) is 2.73. The standard InChI is InChI=1S/C12H15N3OS/c1-8-7-9(15(4)13-8)10-5-6-11(17-10)12(16)14(2)3/h5-7H,1-4H3. The van der Waals surface area contributed by atoms with E-state index in [-0.39, 0.29) is 5.91 Å². The van der Waals surface area contributed by atoms with E-state index in [1.165, 1.54) is 11.3 Å². The minimum atomic E-state index is 0.0418. The van der Waals surface area contributed by atoms with Crippen LogP contribution in [-0.2, 0) is 7.05 Å². The molecule has 1 amide bonds.